The van der Waals surface area contributed by atoms with E-state index in [0.29, 0.717) is 28.5 Å². The number of benzene rings is 1. The van der Waals surface area contributed by atoms with Crippen molar-refractivity contribution in [3.8, 4) is 11.1 Å². The summed E-state index contributed by atoms with van der Waals surface area (Å²) in [6.07, 6.45) is 1.71. The molecule has 5 aromatic rings. The van der Waals surface area contributed by atoms with Crippen molar-refractivity contribution < 1.29 is 27.6 Å². The third kappa shape index (κ3) is 4.99. The standard InChI is InChI=1S/C33H30F3N7O3/c1-17-5-8-26(33(34,35)36)38-30(17)39-31(46)25-11-32(4)12-27(32)43(25)29(45)16-41-15-23(19(3)44)22-10-20(6-7-24(22)41)21-13-37-28-9-18(2)40-42(28)14-21/h5-10,13-15,25,27H,11-12,16H2,1-4H3,(H,38,39,46)/t25-,27?,32-/m0/s1. The second-order valence-corrected chi connectivity index (χ2v) is 12.6. The van der Waals surface area contributed by atoms with Crippen molar-refractivity contribution in [2.75, 3.05) is 5.32 Å². The number of fused-ring (bicyclic) bond motifs is 3. The lowest BCUT2D eigenvalue weighted by Gasteiger charge is -2.27. The van der Waals surface area contributed by atoms with Gasteiger partial charge in [-0.15, -0.1) is 0 Å². The number of pyridine rings is 1. The molecular formula is C33H30F3N7O3. The normalized spacial score (nSPS) is 20.7. The SMILES string of the molecule is CC(=O)c1cn(CC(=O)N2C3C[C@]3(C)C[C@H]2C(=O)Nc2nc(C(F)(F)F)ccc2C)c2ccc(-c3cnc4cc(C)nn4c3)cc12. The zero-order chi connectivity index (χ0) is 32.7. The van der Waals surface area contributed by atoms with Crippen LogP contribution in [0.4, 0.5) is 19.0 Å². The average molecular weight is 630 g/mol. The molecule has 2 fully saturated rings. The van der Waals surface area contributed by atoms with Crippen molar-refractivity contribution in [2.45, 2.75) is 65.3 Å². The van der Waals surface area contributed by atoms with Gasteiger partial charge in [0, 0.05) is 52.7 Å². The fraction of sp³-hybridized carbons (Fsp3) is 0.333. The summed E-state index contributed by atoms with van der Waals surface area (Å²) in [7, 11) is 0. The van der Waals surface area contributed by atoms with Crippen LogP contribution in [0.25, 0.3) is 27.7 Å². The molecule has 3 atom stereocenters. The number of ketones is 1. The second kappa shape index (κ2) is 10.2. The number of carbonyl (C=O) groups is 3. The number of carbonyl (C=O) groups excluding carboxylic acids is 3. The number of amides is 2. The molecule has 1 aliphatic carbocycles. The van der Waals surface area contributed by atoms with E-state index >= 15 is 0 Å². The molecule has 0 spiro atoms. The molecule has 7 rings (SSSR count). The minimum absolute atomic E-state index is 0.125. The highest BCUT2D eigenvalue weighted by Gasteiger charge is 2.64. The van der Waals surface area contributed by atoms with Gasteiger partial charge in [-0.25, -0.2) is 14.5 Å². The number of piperidine rings is 1. The van der Waals surface area contributed by atoms with Gasteiger partial charge in [0.15, 0.2) is 11.4 Å². The first-order chi connectivity index (χ1) is 21.7. The topological polar surface area (TPSA) is 114 Å². The quantitative estimate of drug-likeness (QED) is 0.245. The van der Waals surface area contributed by atoms with E-state index in [1.165, 1.54) is 13.0 Å². The first-order valence-electron chi connectivity index (χ1n) is 14.8. The Morgan fingerprint density at radius 1 is 1.04 bits per heavy atom. The van der Waals surface area contributed by atoms with E-state index in [9.17, 15) is 27.6 Å². The lowest BCUT2D eigenvalue weighted by Crippen LogP contribution is -2.46. The Hall–Kier alpha value is -5.07. The number of aromatic nitrogens is 5. The van der Waals surface area contributed by atoms with Gasteiger partial charge in [0.2, 0.25) is 11.8 Å². The van der Waals surface area contributed by atoms with E-state index in [4.69, 9.17) is 0 Å². The van der Waals surface area contributed by atoms with E-state index < -0.39 is 23.8 Å². The van der Waals surface area contributed by atoms with Crippen LogP contribution in [0.15, 0.2) is 55.0 Å². The predicted molar refractivity (Wildman–Crippen MR) is 163 cm³/mol. The molecule has 4 aromatic heterocycles. The summed E-state index contributed by atoms with van der Waals surface area (Å²) < 4.78 is 43.3. The van der Waals surface area contributed by atoms with E-state index in [1.54, 1.807) is 33.3 Å². The lowest BCUT2D eigenvalue weighted by molar-refractivity contribution is -0.141. The summed E-state index contributed by atoms with van der Waals surface area (Å²) in [6.45, 7) is 6.78. The molecule has 46 heavy (non-hydrogen) atoms. The highest BCUT2D eigenvalue weighted by Crippen LogP contribution is 2.59. The highest BCUT2D eigenvalue weighted by molar-refractivity contribution is 6.08. The molecule has 1 aliphatic heterocycles. The van der Waals surface area contributed by atoms with Crippen molar-refractivity contribution in [1.82, 2.24) is 29.0 Å². The van der Waals surface area contributed by atoms with Crippen LogP contribution in [0, 0.1) is 19.3 Å². The third-order valence-electron chi connectivity index (χ3n) is 9.19. The molecule has 5 heterocycles. The summed E-state index contributed by atoms with van der Waals surface area (Å²) >= 11 is 0. The summed E-state index contributed by atoms with van der Waals surface area (Å²) in [5.74, 6) is -1.25. The maximum atomic E-state index is 13.9. The molecule has 13 heteroatoms. The average Bonchev–Trinajstić information content (AvgIpc) is 3.25. The molecule has 0 bridgehead atoms. The van der Waals surface area contributed by atoms with Crippen LogP contribution in [-0.2, 0) is 22.3 Å². The van der Waals surface area contributed by atoms with Crippen molar-refractivity contribution >= 4 is 40.0 Å². The zero-order valence-electron chi connectivity index (χ0n) is 25.5. The van der Waals surface area contributed by atoms with Crippen LogP contribution < -0.4 is 5.32 Å². The summed E-state index contributed by atoms with van der Waals surface area (Å²) in [4.78, 5) is 49.8. The number of rotatable bonds is 6. The molecular weight excluding hydrogens is 599 g/mol. The summed E-state index contributed by atoms with van der Waals surface area (Å²) in [5.41, 5.74) is 3.32. The maximum absolute atomic E-state index is 13.9. The summed E-state index contributed by atoms with van der Waals surface area (Å²) in [6, 6.07) is 8.58. The third-order valence-corrected chi connectivity index (χ3v) is 9.19. The van der Waals surface area contributed by atoms with E-state index in [0.717, 1.165) is 35.0 Å². The number of hydrogen-bond donors (Lipinski definition) is 1. The number of nitrogens with zero attached hydrogens (tertiary/aromatic N) is 6. The Morgan fingerprint density at radius 2 is 1.83 bits per heavy atom. The molecule has 1 aromatic carbocycles. The number of nitrogens with one attached hydrogen (secondary N) is 1. The molecule has 10 nitrogen and oxygen atoms in total. The molecule has 1 saturated heterocycles. The van der Waals surface area contributed by atoms with Crippen LogP contribution in [0.1, 0.15) is 54.0 Å². The van der Waals surface area contributed by atoms with Crippen LogP contribution in [0.2, 0.25) is 0 Å². The first kappa shape index (κ1) is 29.6. The van der Waals surface area contributed by atoms with Crippen molar-refractivity contribution in [2.24, 2.45) is 5.41 Å². The number of halogens is 3. The highest BCUT2D eigenvalue weighted by atomic mass is 19.4. The molecule has 2 aliphatic rings. The fourth-order valence-electron chi connectivity index (χ4n) is 6.63. The van der Waals surface area contributed by atoms with E-state index in [1.807, 2.05) is 44.3 Å². The van der Waals surface area contributed by atoms with E-state index in [2.05, 4.69) is 20.4 Å². The van der Waals surface area contributed by atoms with Crippen LogP contribution in [0.3, 0.4) is 0 Å². The van der Waals surface area contributed by atoms with Gasteiger partial charge in [-0.3, -0.25) is 14.4 Å². The number of Topliss-reactive ketones (excluding diaryl/α,β-unsaturated/α-hetero) is 1. The minimum atomic E-state index is -4.67. The Morgan fingerprint density at radius 3 is 2.57 bits per heavy atom. The molecule has 1 saturated carbocycles. The number of anilines is 1. The summed E-state index contributed by atoms with van der Waals surface area (Å²) in [5, 5.41) is 7.65. The smallest absolute Gasteiger partial charge is 0.337 e. The minimum Gasteiger partial charge on any atom is -0.337 e. The number of hydrogen-bond acceptors (Lipinski definition) is 6. The van der Waals surface area contributed by atoms with E-state index in [-0.39, 0.29) is 35.5 Å². The Balaban J connectivity index is 1.17. The maximum Gasteiger partial charge on any atom is 0.433 e. The number of alkyl halides is 3. The Kier molecular flexibility index (Phi) is 6.59. The Bertz CT molecular complexity index is 2100. The fourth-order valence-corrected chi connectivity index (χ4v) is 6.63. The molecule has 236 valence electrons. The predicted octanol–water partition coefficient (Wildman–Crippen LogP) is 5.60. The molecule has 1 N–H and O–H groups in total. The largest absolute Gasteiger partial charge is 0.433 e. The van der Waals surface area contributed by atoms with Gasteiger partial charge in [0.05, 0.1) is 5.69 Å². The van der Waals surface area contributed by atoms with Crippen LogP contribution in [0.5, 0.6) is 0 Å². The van der Waals surface area contributed by atoms with Gasteiger partial charge >= 0.3 is 6.18 Å². The molecule has 1 unspecified atom stereocenters. The van der Waals surface area contributed by atoms with Crippen molar-refractivity contribution in [3.05, 3.63) is 77.5 Å². The number of aryl methyl sites for hydroxylation is 2. The van der Waals surface area contributed by atoms with Crippen LogP contribution >= 0.6 is 0 Å². The van der Waals surface area contributed by atoms with Crippen molar-refractivity contribution in [3.63, 3.8) is 0 Å². The second-order valence-electron chi connectivity index (χ2n) is 12.6. The van der Waals surface area contributed by atoms with Crippen LogP contribution in [-0.4, -0.2) is 58.7 Å². The molecule has 0 radical (unpaired) electrons. The Labute approximate surface area is 261 Å². The first-order valence-corrected chi connectivity index (χ1v) is 14.8. The van der Waals surface area contributed by atoms with Gasteiger partial charge < -0.3 is 14.8 Å². The molecule has 2 amide bonds. The van der Waals surface area contributed by atoms with Crippen molar-refractivity contribution in [1.29, 1.82) is 0 Å². The zero-order valence-corrected chi connectivity index (χ0v) is 25.5. The van der Waals surface area contributed by atoms with Gasteiger partial charge in [0.1, 0.15) is 24.1 Å². The van der Waals surface area contributed by atoms with Gasteiger partial charge in [-0.05, 0) is 68.4 Å². The monoisotopic (exact) mass is 629 g/mol. The van der Waals surface area contributed by atoms with Gasteiger partial charge in [-0.2, -0.15) is 18.3 Å². The number of likely N-dealkylation sites (tertiary alicyclic amines) is 1. The lowest BCUT2D eigenvalue weighted by atomic mass is 10.0. The van der Waals surface area contributed by atoms with Gasteiger partial charge in [-0.1, -0.05) is 19.1 Å². The van der Waals surface area contributed by atoms with Gasteiger partial charge in [0.25, 0.3) is 0 Å².